The van der Waals surface area contributed by atoms with Crippen LogP contribution in [0.1, 0.15) is 25.5 Å². The first-order valence-corrected chi connectivity index (χ1v) is 5.94. The van der Waals surface area contributed by atoms with Gasteiger partial charge < -0.3 is 10.6 Å². The average molecular weight is 231 g/mol. The number of rotatable bonds is 2. The topological polar surface area (TPSA) is 78.8 Å². The first kappa shape index (κ1) is 11.8. The van der Waals surface area contributed by atoms with E-state index in [9.17, 15) is 0 Å². The maximum Gasteiger partial charge on any atom is 0.183 e. The summed E-state index contributed by atoms with van der Waals surface area (Å²) in [6.45, 7) is 3.71. The van der Waals surface area contributed by atoms with E-state index in [0.29, 0.717) is 30.0 Å². The van der Waals surface area contributed by atoms with Crippen LogP contribution in [0.2, 0.25) is 0 Å². The van der Waals surface area contributed by atoms with Gasteiger partial charge in [-0.15, -0.1) is 0 Å². The normalized spacial score (nSPS) is 24.4. The van der Waals surface area contributed by atoms with Gasteiger partial charge in [0.2, 0.25) is 0 Å². The lowest BCUT2D eigenvalue weighted by molar-refractivity contribution is 0.371. The molecule has 2 rings (SSSR count). The average Bonchev–Trinajstić information content (AvgIpc) is 2.39. The Balaban J connectivity index is 2.28. The highest BCUT2D eigenvalue weighted by atomic mass is 15.2. The smallest absolute Gasteiger partial charge is 0.183 e. The van der Waals surface area contributed by atoms with Crippen molar-refractivity contribution in [2.24, 2.45) is 11.7 Å². The van der Waals surface area contributed by atoms with E-state index in [-0.39, 0.29) is 0 Å². The molecule has 0 aliphatic carbocycles. The molecule has 5 heteroatoms. The van der Waals surface area contributed by atoms with E-state index in [2.05, 4.69) is 27.9 Å². The molecular weight excluding hydrogens is 214 g/mol. The van der Waals surface area contributed by atoms with Gasteiger partial charge in [-0.05, 0) is 32.2 Å². The molecule has 0 bridgehead atoms. The Labute approximate surface area is 101 Å². The van der Waals surface area contributed by atoms with Crippen molar-refractivity contribution in [3.8, 4) is 6.07 Å². The number of hydrogen-bond donors (Lipinski definition) is 1. The van der Waals surface area contributed by atoms with Crippen molar-refractivity contribution in [2.45, 2.75) is 25.8 Å². The molecule has 1 aromatic rings. The molecule has 1 aromatic heterocycles. The maximum absolute atomic E-state index is 9.05. The van der Waals surface area contributed by atoms with E-state index in [1.54, 1.807) is 12.4 Å². The van der Waals surface area contributed by atoms with E-state index >= 15 is 0 Å². The number of piperidine rings is 1. The Hall–Kier alpha value is -1.67. The molecule has 2 N–H and O–H groups in total. The first-order valence-electron chi connectivity index (χ1n) is 5.94. The molecule has 1 aliphatic heterocycles. The van der Waals surface area contributed by atoms with E-state index in [0.717, 1.165) is 19.4 Å². The van der Waals surface area contributed by atoms with Crippen LogP contribution < -0.4 is 10.6 Å². The van der Waals surface area contributed by atoms with E-state index in [1.165, 1.54) is 0 Å². The zero-order valence-corrected chi connectivity index (χ0v) is 10.0. The number of nitrogens with two attached hydrogens (primary N) is 1. The van der Waals surface area contributed by atoms with Crippen molar-refractivity contribution in [1.82, 2.24) is 9.97 Å². The minimum Gasteiger partial charge on any atom is -0.351 e. The van der Waals surface area contributed by atoms with Crippen LogP contribution in [0.3, 0.4) is 0 Å². The fraction of sp³-hybridized carbons (Fsp3) is 0.583. The molecule has 90 valence electrons. The lowest BCUT2D eigenvalue weighted by Crippen LogP contribution is -2.44. The Morgan fingerprint density at radius 1 is 1.47 bits per heavy atom. The third-order valence-electron chi connectivity index (χ3n) is 3.37. The Morgan fingerprint density at radius 3 is 2.94 bits per heavy atom. The number of aromatic nitrogens is 2. The second-order valence-corrected chi connectivity index (χ2v) is 4.52. The van der Waals surface area contributed by atoms with Gasteiger partial charge in [-0.3, -0.25) is 0 Å². The van der Waals surface area contributed by atoms with Crippen molar-refractivity contribution >= 4 is 5.82 Å². The second kappa shape index (κ2) is 5.11. The van der Waals surface area contributed by atoms with Gasteiger partial charge in [0.05, 0.1) is 0 Å². The van der Waals surface area contributed by atoms with Crippen molar-refractivity contribution in [3.05, 3.63) is 18.1 Å². The minimum absolute atomic E-state index is 0.390. The molecule has 0 amide bonds. The Morgan fingerprint density at radius 2 is 2.24 bits per heavy atom. The second-order valence-electron chi connectivity index (χ2n) is 4.52. The quantitative estimate of drug-likeness (QED) is 0.818. The highest BCUT2D eigenvalue weighted by Crippen LogP contribution is 2.26. The van der Waals surface area contributed by atoms with Gasteiger partial charge in [0, 0.05) is 25.0 Å². The fourth-order valence-corrected chi connectivity index (χ4v) is 2.29. The molecule has 0 spiro atoms. The van der Waals surface area contributed by atoms with Crippen LogP contribution in [-0.2, 0) is 0 Å². The summed E-state index contributed by atoms with van der Waals surface area (Å²) >= 11 is 0. The van der Waals surface area contributed by atoms with Gasteiger partial charge in [0.15, 0.2) is 11.5 Å². The number of nitrogens with zero attached hydrogens (tertiary/aromatic N) is 4. The molecule has 0 saturated carbocycles. The summed E-state index contributed by atoms with van der Waals surface area (Å²) in [6, 6.07) is 2.49. The molecule has 2 unspecified atom stereocenters. The van der Waals surface area contributed by atoms with Gasteiger partial charge >= 0.3 is 0 Å². The highest BCUT2D eigenvalue weighted by molar-refractivity contribution is 5.50. The van der Waals surface area contributed by atoms with Crippen LogP contribution >= 0.6 is 0 Å². The third-order valence-corrected chi connectivity index (χ3v) is 3.37. The van der Waals surface area contributed by atoms with Gasteiger partial charge in [-0.1, -0.05) is 0 Å². The van der Waals surface area contributed by atoms with Gasteiger partial charge in [-0.25, -0.2) is 9.97 Å². The van der Waals surface area contributed by atoms with Crippen LogP contribution in [-0.4, -0.2) is 29.1 Å². The summed E-state index contributed by atoms with van der Waals surface area (Å²) < 4.78 is 0. The summed E-state index contributed by atoms with van der Waals surface area (Å²) in [7, 11) is 0. The van der Waals surface area contributed by atoms with Crippen LogP contribution in [0, 0.1) is 17.2 Å². The monoisotopic (exact) mass is 231 g/mol. The SMILES string of the molecule is CC1CCC(CN)CN1c1nccnc1C#N. The molecule has 2 atom stereocenters. The molecule has 1 aliphatic rings. The molecule has 17 heavy (non-hydrogen) atoms. The standard InChI is InChI=1S/C12H17N5/c1-9-2-3-10(6-13)8-17(9)12-11(7-14)15-4-5-16-12/h4-5,9-10H,2-3,6,8,13H2,1H3. The first-order chi connectivity index (χ1) is 8.26. The van der Waals surface area contributed by atoms with E-state index < -0.39 is 0 Å². The van der Waals surface area contributed by atoms with Crippen LogP contribution in [0.15, 0.2) is 12.4 Å². The third kappa shape index (κ3) is 2.37. The predicted octanol–water partition coefficient (Wildman–Crippen LogP) is 0.912. The Bertz CT molecular complexity index is 425. The lowest BCUT2D eigenvalue weighted by Gasteiger charge is -2.38. The molecule has 5 nitrogen and oxygen atoms in total. The van der Waals surface area contributed by atoms with Crippen LogP contribution in [0.5, 0.6) is 0 Å². The fourth-order valence-electron chi connectivity index (χ4n) is 2.29. The van der Waals surface area contributed by atoms with Crippen molar-refractivity contribution in [1.29, 1.82) is 5.26 Å². The predicted molar refractivity (Wildman–Crippen MR) is 65.3 cm³/mol. The number of hydrogen-bond acceptors (Lipinski definition) is 5. The summed E-state index contributed by atoms with van der Waals surface area (Å²) in [4.78, 5) is 10.5. The summed E-state index contributed by atoms with van der Waals surface area (Å²) in [6.07, 6.45) is 5.42. The number of nitriles is 1. The lowest BCUT2D eigenvalue weighted by atomic mass is 9.93. The van der Waals surface area contributed by atoms with Gasteiger partial charge in [0.25, 0.3) is 0 Å². The zero-order chi connectivity index (χ0) is 12.3. The number of anilines is 1. The molecule has 0 radical (unpaired) electrons. The molecule has 2 heterocycles. The molecular formula is C12H17N5. The highest BCUT2D eigenvalue weighted by Gasteiger charge is 2.27. The summed E-state index contributed by atoms with van der Waals surface area (Å²) in [5, 5.41) is 9.05. The van der Waals surface area contributed by atoms with Crippen LogP contribution in [0.4, 0.5) is 5.82 Å². The molecule has 1 saturated heterocycles. The zero-order valence-electron chi connectivity index (χ0n) is 10.0. The Kier molecular flexibility index (Phi) is 3.55. The van der Waals surface area contributed by atoms with Crippen molar-refractivity contribution < 1.29 is 0 Å². The maximum atomic E-state index is 9.05. The van der Waals surface area contributed by atoms with Crippen molar-refractivity contribution in [2.75, 3.05) is 18.0 Å². The largest absolute Gasteiger partial charge is 0.351 e. The minimum atomic E-state index is 0.390. The molecule has 0 aromatic carbocycles. The van der Waals surface area contributed by atoms with Crippen molar-refractivity contribution in [3.63, 3.8) is 0 Å². The summed E-state index contributed by atoms with van der Waals surface area (Å²) in [5.74, 6) is 1.18. The van der Waals surface area contributed by atoms with Gasteiger partial charge in [-0.2, -0.15) is 5.26 Å². The van der Waals surface area contributed by atoms with E-state index in [4.69, 9.17) is 11.0 Å². The summed E-state index contributed by atoms with van der Waals surface area (Å²) in [5.41, 5.74) is 6.13. The van der Waals surface area contributed by atoms with Crippen LogP contribution in [0.25, 0.3) is 0 Å². The van der Waals surface area contributed by atoms with Gasteiger partial charge in [0.1, 0.15) is 6.07 Å². The van der Waals surface area contributed by atoms with E-state index in [1.807, 2.05) is 0 Å². The molecule has 1 fully saturated rings.